The molecule has 12 heavy (non-hydrogen) atoms. The van der Waals surface area contributed by atoms with Gasteiger partial charge in [-0.25, -0.2) is 0 Å². The number of rotatable bonds is 2. The minimum Gasteiger partial charge on any atom is -0.376 e. The average Bonchev–Trinajstić information content (AvgIpc) is 2.03. The van der Waals surface area contributed by atoms with Crippen LogP contribution < -0.4 is 5.32 Å². The lowest BCUT2D eigenvalue weighted by molar-refractivity contribution is 0.924. The molecule has 0 unspecified atom stereocenters. The van der Waals surface area contributed by atoms with Crippen molar-refractivity contribution >= 4 is 34.2 Å². The number of hydrogen-bond donors (Lipinski definition) is 1. The SMILES string of the molecule is Br.CC(=S)NCc1ccccc1. The molecule has 0 heterocycles. The average molecular weight is 246 g/mol. The van der Waals surface area contributed by atoms with Gasteiger partial charge in [0.2, 0.25) is 0 Å². The van der Waals surface area contributed by atoms with Crippen LogP contribution in [0, 0.1) is 0 Å². The highest BCUT2D eigenvalue weighted by Crippen LogP contribution is 1.96. The molecule has 0 atom stereocenters. The van der Waals surface area contributed by atoms with Crippen molar-refractivity contribution < 1.29 is 0 Å². The molecule has 0 aliphatic carbocycles. The molecular weight excluding hydrogens is 234 g/mol. The third-order valence-electron chi connectivity index (χ3n) is 1.38. The summed E-state index contributed by atoms with van der Waals surface area (Å²) in [6, 6.07) is 10.2. The Balaban J connectivity index is 0.00000121. The van der Waals surface area contributed by atoms with Crippen LogP contribution in [0.4, 0.5) is 0 Å². The van der Waals surface area contributed by atoms with E-state index in [0.29, 0.717) is 0 Å². The Hall–Kier alpha value is -0.410. The number of nitrogens with one attached hydrogen (secondary N) is 1. The molecule has 0 radical (unpaired) electrons. The Morgan fingerprint density at radius 2 is 1.92 bits per heavy atom. The van der Waals surface area contributed by atoms with Gasteiger partial charge in [0.1, 0.15) is 0 Å². The molecule has 1 rings (SSSR count). The zero-order valence-corrected chi connectivity index (χ0v) is 9.44. The van der Waals surface area contributed by atoms with Gasteiger partial charge >= 0.3 is 0 Å². The first-order chi connectivity index (χ1) is 5.29. The van der Waals surface area contributed by atoms with Crippen LogP contribution in [-0.2, 0) is 6.54 Å². The lowest BCUT2D eigenvalue weighted by Gasteiger charge is -2.02. The van der Waals surface area contributed by atoms with Gasteiger partial charge in [0, 0.05) is 6.54 Å². The zero-order valence-electron chi connectivity index (χ0n) is 6.91. The van der Waals surface area contributed by atoms with E-state index in [1.165, 1.54) is 5.56 Å². The van der Waals surface area contributed by atoms with E-state index in [-0.39, 0.29) is 17.0 Å². The van der Waals surface area contributed by atoms with E-state index in [0.717, 1.165) is 11.5 Å². The molecule has 0 aliphatic heterocycles. The van der Waals surface area contributed by atoms with Crippen LogP contribution >= 0.6 is 29.2 Å². The Kier molecular flexibility index (Phi) is 5.93. The molecule has 1 N–H and O–H groups in total. The van der Waals surface area contributed by atoms with Crippen molar-refractivity contribution in [3.63, 3.8) is 0 Å². The molecule has 0 aromatic heterocycles. The van der Waals surface area contributed by atoms with E-state index in [1.807, 2.05) is 25.1 Å². The summed E-state index contributed by atoms with van der Waals surface area (Å²) in [7, 11) is 0. The second-order valence-electron chi connectivity index (χ2n) is 2.40. The fourth-order valence-corrected chi connectivity index (χ4v) is 0.895. The first-order valence-electron chi connectivity index (χ1n) is 3.57. The van der Waals surface area contributed by atoms with Crippen molar-refractivity contribution in [3.8, 4) is 0 Å². The third-order valence-corrected chi connectivity index (χ3v) is 1.53. The van der Waals surface area contributed by atoms with Gasteiger partial charge in [-0.15, -0.1) is 17.0 Å². The second kappa shape index (κ2) is 6.14. The fraction of sp³-hybridized carbons (Fsp3) is 0.222. The van der Waals surface area contributed by atoms with Crippen LogP contribution in [0.1, 0.15) is 12.5 Å². The summed E-state index contributed by atoms with van der Waals surface area (Å²) in [5.74, 6) is 0. The van der Waals surface area contributed by atoms with Crippen molar-refractivity contribution in [1.82, 2.24) is 5.32 Å². The zero-order chi connectivity index (χ0) is 8.10. The third kappa shape index (κ3) is 4.46. The van der Waals surface area contributed by atoms with Crippen LogP contribution in [0.15, 0.2) is 30.3 Å². The molecular formula is C9H12BrNS. The Morgan fingerprint density at radius 3 is 2.42 bits per heavy atom. The molecule has 0 saturated carbocycles. The van der Waals surface area contributed by atoms with E-state index in [4.69, 9.17) is 12.2 Å². The monoisotopic (exact) mass is 245 g/mol. The van der Waals surface area contributed by atoms with Crippen molar-refractivity contribution in [2.45, 2.75) is 13.5 Å². The Morgan fingerprint density at radius 1 is 1.33 bits per heavy atom. The molecule has 0 spiro atoms. The minimum atomic E-state index is 0. The molecule has 3 heteroatoms. The molecule has 66 valence electrons. The standard InChI is InChI=1S/C9H11NS.BrH/c1-8(11)10-7-9-5-3-2-4-6-9;/h2-6H,7H2,1H3,(H,10,11);1H. The summed E-state index contributed by atoms with van der Waals surface area (Å²) in [5.41, 5.74) is 1.26. The van der Waals surface area contributed by atoms with Gasteiger partial charge in [-0.1, -0.05) is 42.5 Å². The smallest absolute Gasteiger partial charge is 0.0724 e. The second-order valence-corrected chi connectivity index (χ2v) is 3.01. The molecule has 0 fully saturated rings. The maximum absolute atomic E-state index is 4.88. The van der Waals surface area contributed by atoms with Crippen molar-refractivity contribution in [3.05, 3.63) is 35.9 Å². The van der Waals surface area contributed by atoms with Crippen LogP contribution in [-0.4, -0.2) is 4.99 Å². The maximum atomic E-state index is 4.88. The maximum Gasteiger partial charge on any atom is 0.0724 e. The highest BCUT2D eigenvalue weighted by molar-refractivity contribution is 8.93. The molecule has 0 amide bonds. The summed E-state index contributed by atoms with van der Waals surface area (Å²) in [4.78, 5) is 0.842. The largest absolute Gasteiger partial charge is 0.376 e. The predicted octanol–water partition coefficient (Wildman–Crippen LogP) is 2.70. The van der Waals surface area contributed by atoms with Crippen LogP contribution in [0.25, 0.3) is 0 Å². The Bertz CT molecular complexity index is 236. The Labute approximate surface area is 88.9 Å². The first-order valence-corrected chi connectivity index (χ1v) is 3.98. The highest BCUT2D eigenvalue weighted by Gasteiger charge is 1.88. The summed E-state index contributed by atoms with van der Waals surface area (Å²) >= 11 is 4.88. The minimum absolute atomic E-state index is 0. The van der Waals surface area contributed by atoms with E-state index < -0.39 is 0 Å². The number of halogens is 1. The lowest BCUT2D eigenvalue weighted by atomic mass is 10.2. The summed E-state index contributed by atoms with van der Waals surface area (Å²) in [5, 5.41) is 3.09. The van der Waals surface area contributed by atoms with E-state index in [2.05, 4.69) is 17.4 Å². The summed E-state index contributed by atoms with van der Waals surface area (Å²) in [6.07, 6.45) is 0. The van der Waals surface area contributed by atoms with Gasteiger partial charge < -0.3 is 5.32 Å². The lowest BCUT2D eigenvalue weighted by Crippen LogP contribution is -2.16. The van der Waals surface area contributed by atoms with Gasteiger partial charge in [-0.05, 0) is 12.5 Å². The number of thiocarbonyl (C=S) groups is 1. The molecule has 0 aliphatic rings. The number of hydrogen-bond acceptors (Lipinski definition) is 1. The van der Waals surface area contributed by atoms with Gasteiger partial charge in [0.05, 0.1) is 4.99 Å². The van der Waals surface area contributed by atoms with E-state index in [1.54, 1.807) is 0 Å². The highest BCUT2D eigenvalue weighted by atomic mass is 79.9. The van der Waals surface area contributed by atoms with E-state index in [9.17, 15) is 0 Å². The summed E-state index contributed by atoms with van der Waals surface area (Å²) < 4.78 is 0. The normalized spacial score (nSPS) is 8.42. The van der Waals surface area contributed by atoms with Crippen molar-refractivity contribution in [1.29, 1.82) is 0 Å². The van der Waals surface area contributed by atoms with Gasteiger partial charge in [0.15, 0.2) is 0 Å². The predicted molar refractivity (Wildman–Crippen MR) is 61.9 cm³/mol. The van der Waals surface area contributed by atoms with Gasteiger partial charge in [0.25, 0.3) is 0 Å². The van der Waals surface area contributed by atoms with E-state index >= 15 is 0 Å². The van der Waals surface area contributed by atoms with Crippen LogP contribution in [0.3, 0.4) is 0 Å². The molecule has 0 saturated heterocycles. The van der Waals surface area contributed by atoms with Crippen molar-refractivity contribution in [2.75, 3.05) is 0 Å². The molecule has 1 aromatic carbocycles. The van der Waals surface area contributed by atoms with Gasteiger partial charge in [-0.3, -0.25) is 0 Å². The first kappa shape index (κ1) is 11.6. The molecule has 1 aromatic rings. The van der Waals surface area contributed by atoms with Crippen LogP contribution in [0.5, 0.6) is 0 Å². The topological polar surface area (TPSA) is 12.0 Å². The van der Waals surface area contributed by atoms with Crippen molar-refractivity contribution in [2.24, 2.45) is 0 Å². The summed E-state index contributed by atoms with van der Waals surface area (Å²) in [6.45, 7) is 2.72. The molecule has 1 nitrogen and oxygen atoms in total. The number of benzene rings is 1. The quantitative estimate of drug-likeness (QED) is 0.805. The van der Waals surface area contributed by atoms with Gasteiger partial charge in [-0.2, -0.15) is 0 Å². The van der Waals surface area contributed by atoms with Crippen LogP contribution in [0.2, 0.25) is 0 Å². The fourth-order valence-electron chi connectivity index (χ4n) is 0.822. The molecule has 0 bridgehead atoms.